The number of halogens is 4. The molecule has 4 aliphatic rings. The van der Waals surface area contributed by atoms with Crippen LogP contribution >= 0.6 is 0 Å². The molecular formula is C48H46F4N2O2Ti. The van der Waals surface area contributed by atoms with Gasteiger partial charge in [-0.2, -0.15) is 12.2 Å². The maximum absolute atomic E-state index is 14.2. The van der Waals surface area contributed by atoms with Crippen LogP contribution in [-0.4, -0.2) is 23.9 Å². The smallest absolute Gasteiger partial charge is 0.357 e. The summed E-state index contributed by atoms with van der Waals surface area (Å²) in [6.45, 7) is 0. The van der Waals surface area contributed by atoms with E-state index in [1.165, 1.54) is 21.9 Å². The minimum absolute atomic E-state index is 0. The first-order chi connectivity index (χ1) is 27.3. The molecule has 0 unspecified atom stereocenters. The summed E-state index contributed by atoms with van der Waals surface area (Å²) in [5, 5.41) is 0. The van der Waals surface area contributed by atoms with E-state index >= 15 is 0 Å². The van der Waals surface area contributed by atoms with Gasteiger partial charge in [-0.05, 0) is 61.3 Å². The van der Waals surface area contributed by atoms with E-state index in [-0.39, 0.29) is 57.0 Å². The van der Waals surface area contributed by atoms with Crippen LogP contribution in [0.15, 0.2) is 121 Å². The summed E-state index contributed by atoms with van der Waals surface area (Å²) in [5.74, 6) is -3.67. The molecule has 0 N–H and O–H groups in total. The average molecular weight is 807 g/mol. The van der Waals surface area contributed by atoms with Crippen molar-refractivity contribution in [3.8, 4) is 0 Å². The number of amides is 2. The molecule has 4 nitrogen and oxygen atoms in total. The maximum Gasteiger partial charge on any atom is 4.00 e. The molecule has 9 heteroatoms. The van der Waals surface area contributed by atoms with Gasteiger partial charge in [-0.25, -0.2) is 41.9 Å². The molecule has 0 radical (unpaired) electrons. The Morgan fingerprint density at radius 1 is 0.509 bits per heavy atom. The molecule has 57 heavy (non-hydrogen) atoms. The molecule has 4 aliphatic carbocycles. The van der Waals surface area contributed by atoms with Gasteiger partial charge < -0.3 is 9.80 Å². The third kappa shape index (κ3) is 13.7. The van der Waals surface area contributed by atoms with Crippen LogP contribution in [0.4, 0.5) is 28.9 Å². The average Bonchev–Trinajstić information content (AvgIpc) is 4.03. The molecule has 0 aliphatic heterocycles. The third-order valence-corrected chi connectivity index (χ3v) is 9.73. The molecule has 0 spiro atoms. The number of rotatable bonds is 6. The topological polar surface area (TPSA) is 40.6 Å². The number of allylic oxidation sites excluding steroid dienone is 8. The molecule has 2 fully saturated rings. The molecule has 4 aromatic carbocycles. The summed E-state index contributed by atoms with van der Waals surface area (Å²) in [6.07, 6.45) is 29.6. The summed E-state index contributed by atoms with van der Waals surface area (Å²) >= 11 is 0. The van der Waals surface area contributed by atoms with Gasteiger partial charge in [0, 0.05) is 46.5 Å². The van der Waals surface area contributed by atoms with Gasteiger partial charge in [-0.3, -0.25) is 21.7 Å². The second kappa shape index (κ2) is 24.1. The van der Waals surface area contributed by atoms with Crippen LogP contribution in [-0.2, 0) is 21.7 Å². The molecule has 2 amide bonds. The zero-order chi connectivity index (χ0) is 39.5. The van der Waals surface area contributed by atoms with E-state index in [1.54, 1.807) is 48.5 Å². The van der Waals surface area contributed by atoms with Crippen LogP contribution in [0.2, 0.25) is 0 Å². The fourth-order valence-corrected chi connectivity index (χ4v) is 6.99. The van der Waals surface area contributed by atoms with E-state index in [2.05, 4.69) is 24.3 Å². The van der Waals surface area contributed by atoms with Gasteiger partial charge >= 0.3 is 21.7 Å². The predicted molar refractivity (Wildman–Crippen MR) is 214 cm³/mol. The molecule has 8 rings (SSSR count). The Kier molecular flexibility index (Phi) is 19.0. The second-order valence-electron chi connectivity index (χ2n) is 13.7. The molecule has 4 aromatic rings. The fraction of sp³-hybridized carbons (Fsp3) is 0.292. The Morgan fingerprint density at radius 3 is 1.16 bits per heavy atom. The largest absolute Gasteiger partial charge is 4.00 e. The zero-order valence-corrected chi connectivity index (χ0v) is 33.5. The van der Waals surface area contributed by atoms with Crippen molar-refractivity contribution >= 4 is 23.2 Å². The molecule has 2 saturated carbocycles. The van der Waals surface area contributed by atoms with Crippen LogP contribution < -0.4 is 9.80 Å². The molecule has 0 saturated heterocycles. The summed E-state index contributed by atoms with van der Waals surface area (Å²) < 4.78 is 54.8. The Morgan fingerprint density at radius 2 is 0.877 bits per heavy atom. The van der Waals surface area contributed by atoms with E-state index in [1.807, 2.05) is 48.6 Å². The summed E-state index contributed by atoms with van der Waals surface area (Å²) in [6, 6.07) is 26.5. The SMILES string of the molecule is O=C(c1ccccc1)N(c1ccc(F)[c-]c1F)C1CCCCC1.O=C(c1ccccc1)N(c1ccc(F)[c-]c1F)C1CCCCC1.[C-]1=CC=CC1.[C-]1=CC=CC1.[Ti+4]. The second-order valence-corrected chi connectivity index (χ2v) is 13.7. The summed E-state index contributed by atoms with van der Waals surface area (Å²) in [4.78, 5) is 28.8. The Hall–Kier alpha value is -4.79. The summed E-state index contributed by atoms with van der Waals surface area (Å²) in [7, 11) is 0. The van der Waals surface area contributed by atoms with Gasteiger partial charge in [0.2, 0.25) is 11.8 Å². The first-order valence-corrected chi connectivity index (χ1v) is 19.3. The van der Waals surface area contributed by atoms with Crippen LogP contribution in [0, 0.1) is 47.6 Å². The van der Waals surface area contributed by atoms with Crippen molar-refractivity contribution in [1.29, 1.82) is 0 Å². The van der Waals surface area contributed by atoms with E-state index in [9.17, 15) is 27.2 Å². The number of nitrogens with zero attached hydrogens (tertiary/aromatic N) is 2. The number of hydrogen-bond donors (Lipinski definition) is 0. The summed E-state index contributed by atoms with van der Waals surface area (Å²) in [5.41, 5.74) is 1.21. The molecule has 0 bridgehead atoms. The minimum atomic E-state index is -0.820. The number of carbonyl (C=O) groups excluding carboxylic acids is 2. The molecular weight excluding hydrogens is 760 g/mol. The van der Waals surface area contributed by atoms with Crippen molar-refractivity contribution in [3.63, 3.8) is 0 Å². The monoisotopic (exact) mass is 806 g/mol. The zero-order valence-electron chi connectivity index (χ0n) is 31.9. The van der Waals surface area contributed by atoms with Gasteiger partial charge in [0.25, 0.3) is 0 Å². The van der Waals surface area contributed by atoms with Crippen LogP contribution in [0.3, 0.4) is 0 Å². The molecule has 0 heterocycles. The van der Waals surface area contributed by atoms with E-state index in [4.69, 9.17) is 0 Å². The first-order valence-electron chi connectivity index (χ1n) is 19.3. The number of hydrogen-bond acceptors (Lipinski definition) is 2. The van der Waals surface area contributed by atoms with Crippen LogP contribution in [0.1, 0.15) is 97.8 Å². The Balaban J connectivity index is 0.000000200. The van der Waals surface area contributed by atoms with Gasteiger partial charge in [0.1, 0.15) is 0 Å². The van der Waals surface area contributed by atoms with E-state index in [0.29, 0.717) is 11.1 Å². The standard InChI is InChI=1S/2C19H18F2NO.2C5H5.Ti/c2*20-15-11-12-18(17(21)13-15)22(16-9-5-2-6-10-16)19(23)14-7-3-1-4-8-14;2*1-2-4-5-3-1;/h2*1,3-4,7-8,11-12,16H,2,5-6,9-10H2;2*1-3H,4H2;/q4*-1;+4. The Bertz CT molecular complexity index is 1810. The van der Waals surface area contributed by atoms with Crippen molar-refractivity contribution in [2.75, 3.05) is 9.80 Å². The normalized spacial score (nSPS) is 15.5. The van der Waals surface area contributed by atoms with Crippen molar-refractivity contribution in [3.05, 3.63) is 180 Å². The molecule has 0 atom stereocenters. The number of benzene rings is 4. The maximum atomic E-state index is 14.2. The van der Waals surface area contributed by atoms with Gasteiger partial charge in [-0.15, -0.1) is 49.2 Å². The van der Waals surface area contributed by atoms with Gasteiger partial charge in [0.05, 0.1) is 0 Å². The van der Waals surface area contributed by atoms with Crippen molar-refractivity contribution < 1.29 is 48.9 Å². The van der Waals surface area contributed by atoms with Crippen LogP contribution in [0.5, 0.6) is 0 Å². The van der Waals surface area contributed by atoms with Gasteiger partial charge in [0.15, 0.2) is 0 Å². The molecule has 292 valence electrons. The van der Waals surface area contributed by atoms with Crippen molar-refractivity contribution in [2.24, 2.45) is 0 Å². The Labute approximate surface area is 349 Å². The van der Waals surface area contributed by atoms with E-state index < -0.39 is 23.3 Å². The van der Waals surface area contributed by atoms with E-state index in [0.717, 1.165) is 89.2 Å². The fourth-order valence-electron chi connectivity index (χ4n) is 6.99. The predicted octanol–water partition coefficient (Wildman–Crippen LogP) is 12.1. The number of anilines is 2. The van der Waals surface area contributed by atoms with Gasteiger partial charge in [-0.1, -0.05) is 74.9 Å². The third-order valence-electron chi connectivity index (χ3n) is 9.73. The van der Waals surface area contributed by atoms with Crippen LogP contribution in [0.25, 0.3) is 0 Å². The van der Waals surface area contributed by atoms with Crippen molar-refractivity contribution in [2.45, 2.75) is 89.1 Å². The van der Waals surface area contributed by atoms with Crippen molar-refractivity contribution in [1.82, 2.24) is 0 Å². The quantitative estimate of drug-likeness (QED) is 0.111. The number of carbonyl (C=O) groups is 2. The minimum Gasteiger partial charge on any atom is -0.357 e. The first kappa shape index (κ1) is 44.9. The molecule has 0 aromatic heterocycles.